The van der Waals surface area contributed by atoms with E-state index in [-0.39, 0.29) is 0 Å². The molecule has 4 nitrogen and oxygen atoms in total. The molecule has 25 heavy (non-hydrogen) atoms. The average molecular weight is 373 g/mol. The molecule has 0 saturated heterocycles. The molecule has 2 aromatic carbocycles. The molecule has 128 valence electrons. The summed E-state index contributed by atoms with van der Waals surface area (Å²) in [4.78, 5) is 4.13. The standard InChI is InChI=1S/C19H18Cl2N4/c1-2-25(13-15-7-9-16(20)10-8-15)23-19(24-12-11-22-14-24)17-5-3-4-6-18(17)21/h3-12,14H,2,13H2,1H3/b23-19+. The van der Waals surface area contributed by atoms with Crippen LogP contribution in [0.1, 0.15) is 18.1 Å². The van der Waals surface area contributed by atoms with E-state index in [1.807, 2.05) is 64.3 Å². The quantitative estimate of drug-likeness (QED) is 0.361. The van der Waals surface area contributed by atoms with E-state index < -0.39 is 0 Å². The molecule has 3 rings (SSSR count). The fraction of sp³-hybridized carbons (Fsp3) is 0.158. The monoisotopic (exact) mass is 372 g/mol. The van der Waals surface area contributed by atoms with Crippen LogP contribution in [0, 0.1) is 0 Å². The van der Waals surface area contributed by atoms with Gasteiger partial charge in [0.05, 0.1) is 11.6 Å². The Balaban J connectivity index is 1.96. The van der Waals surface area contributed by atoms with Gasteiger partial charge in [0.15, 0.2) is 5.84 Å². The molecule has 0 bridgehead atoms. The van der Waals surface area contributed by atoms with Gasteiger partial charge in [-0.2, -0.15) is 5.10 Å². The third-order valence-electron chi connectivity index (χ3n) is 3.74. The van der Waals surface area contributed by atoms with Gasteiger partial charge < -0.3 is 0 Å². The molecule has 6 heteroatoms. The Morgan fingerprint density at radius 2 is 1.88 bits per heavy atom. The van der Waals surface area contributed by atoms with Gasteiger partial charge in [-0.1, -0.05) is 47.5 Å². The largest absolute Gasteiger partial charge is 0.291 e. The van der Waals surface area contributed by atoms with Crippen molar-refractivity contribution in [2.45, 2.75) is 13.5 Å². The van der Waals surface area contributed by atoms with Crippen LogP contribution in [-0.2, 0) is 6.54 Å². The number of nitrogens with zero attached hydrogens (tertiary/aromatic N) is 4. The summed E-state index contributed by atoms with van der Waals surface area (Å²) in [5, 5.41) is 8.21. The molecular weight excluding hydrogens is 355 g/mol. The van der Waals surface area contributed by atoms with E-state index in [1.54, 1.807) is 12.5 Å². The highest BCUT2D eigenvalue weighted by molar-refractivity contribution is 6.34. The molecule has 0 aliphatic carbocycles. The molecule has 0 fully saturated rings. The zero-order chi connectivity index (χ0) is 17.6. The van der Waals surface area contributed by atoms with Gasteiger partial charge in [-0.15, -0.1) is 0 Å². The molecule has 0 amide bonds. The lowest BCUT2D eigenvalue weighted by molar-refractivity contribution is 0.294. The molecule has 0 spiro atoms. The van der Waals surface area contributed by atoms with Crippen LogP contribution in [0.25, 0.3) is 0 Å². The predicted molar refractivity (Wildman–Crippen MR) is 103 cm³/mol. The minimum atomic E-state index is 0.650. The number of benzene rings is 2. The van der Waals surface area contributed by atoms with Crippen LogP contribution in [0.4, 0.5) is 0 Å². The van der Waals surface area contributed by atoms with Crippen molar-refractivity contribution in [2.24, 2.45) is 5.10 Å². The third-order valence-corrected chi connectivity index (χ3v) is 4.32. The summed E-state index contributed by atoms with van der Waals surface area (Å²) in [5.41, 5.74) is 2.00. The van der Waals surface area contributed by atoms with E-state index in [0.717, 1.165) is 28.5 Å². The van der Waals surface area contributed by atoms with Gasteiger partial charge in [-0.25, -0.2) is 4.98 Å². The fourth-order valence-electron chi connectivity index (χ4n) is 2.42. The second-order valence-corrected chi connectivity index (χ2v) is 6.32. The Hall–Kier alpha value is -2.30. The van der Waals surface area contributed by atoms with Gasteiger partial charge >= 0.3 is 0 Å². The number of hydrazone groups is 1. The topological polar surface area (TPSA) is 33.4 Å². The lowest BCUT2D eigenvalue weighted by Crippen LogP contribution is -2.23. The van der Waals surface area contributed by atoms with Gasteiger partial charge in [0.25, 0.3) is 0 Å². The van der Waals surface area contributed by atoms with Crippen molar-refractivity contribution in [1.29, 1.82) is 0 Å². The van der Waals surface area contributed by atoms with E-state index in [1.165, 1.54) is 0 Å². The predicted octanol–water partition coefficient (Wildman–Crippen LogP) is 4.92. The van der Waals surface area contributed by atoms with Crippen molar-refractivity contribution in [3.63, 3.8) is 0 Å². The first-order valence-corrected chi connectivity index (χ1v) is 8.74. The highest BCUT2D eigenvalue weighted by atomic mass is 35.5. The minimum absolute atomic E-state index is 0.650. The SMILES string of the molecule is CCN(Cc1ccc(Cl)cc1)/N=C(\c1ccccc1Cl)n1ccnc1. The number of rotatable bonds is 5. The van der Waals surface area contributed by atoms with Crippen LogP contribution in [0.5, 0.6) is 0 Å². The van der Waals surface area contributed by atoms with Crippen LogP contribution in [0.15, 0.2) is 72.4 Å². The maximum Gasteiger partial charge on any atom is 0.166 e. The van der Waals surface area contributed by atoms with Crippen LogP contribution in [0.3, 0.4) is 0 Å². The highest BCUT2D eigenvalue weighted by Gasteiger charge is 2.12. The lowest BCUT2D eigenvalue weighted by atomic mass is 10.2. The molecule has 0 atom stereocenters. The number of hydrogen-bond donors (Lipinski definition) is 0. The van der Waals surface area contributed by atoms with Crippen molar-refractivity contribution >= 4 is 29.0 Å². The normalized spacial score (nSPS) is 11.6. The van der Waals surface area contributed by atoms with Crippen molar-refractivity contribution < 1.29 is 0 Å². The Morgan fingerprint density at radius 1 is 1.12 bits per heavy atom. The Bertz CT molecular complexity index is 842. The first-order valence-electron chi connectivity index (χ1n) is 7.98. The molecule has 1 aromatic heterocycles. The van der Waals surface area contributed by atoms with Crippen molar-refractivity contribution in [1.82, 2.24) is 14.6 Å². The smallest absolute Gasteiger partial charge is 0.166 e. The number of imidazole rings is 1. The Morgan fingerprint density at radius 3 is 2.52 bits per heavy atom. The van der Waals surface area contributed by atoms with Gasteiger partial charge in [-0.3, -0.25) is 9.58 Å². The second kappa shape index (κ2) is 8.19. The summed E-state index contributed by atoms with van der Waals surface area (Å²) in [6, 6.07) is 15.5. The molecule has 0 saturated carbocycles. The maximum atomic E-state index is 6.39. The van der Waals surface area contributed by atoms with Gasteiger partial charge in [0.1, 0.15) is 6.33 Å². The molecular formula is C19H18Cl2N4. The summed E-state index contributed by atoms with van der Waals surface area (Å²) in [7, 11) is 0. The number of aromatic nitrogens is 2. The number of hydrogen-bond acceptors (Lipinski definition) is 3. The minimum Gasteiger partial charge on any atom is -0.291 e. The van der Waals surface area contributed by atoms with E-state index in [2.05, 4.69) is 11.9 Å². The van der Waals surface area contributed by atoms with Crippen LogP contribution < -0.4 is 0 Å². The lowest BCUT2D eigenvalue weighted by Gasteiger charge is -2.20. The Kier molecular flexibility index (Phi) is 5.74. The molecule has 0 aliphatic rings. The van der Waals surface area contributed by atoms with Crippen molar-refractivity contribution in [3.05, 3.63) is 88.4 Å². The number of halogens is 2. The second-order valence-electron chi connectivity index (χ2n) is 5.48. The summed E-state index contributed by atoms with van der Waals surface area (Å²) < 4.78 is 1.87. The summed E-state index contributed by atoms with van der Waals surface area (Å²) in [5.74, 6) is 0.735. The zero-order valence-corrected chi connectivity index (χ0v) is 15.3. The molecule has 0 aliphatic heterocycles. The first kappa shape index (κ1) is 17.5. The summed E-state index contributed by atoms with van der Waals surface area (Å²) >= 11 is 12.4. The van der Waals surface area contributed by atoms with E-state index in [9.17, 15) is 0 Å². The van der Waals surface area contributed by atoms with Gasteiger partial charge in [0.2, 0.25) is 0 Å². The van der Waals surface area contributed by atoms with Crippen molar-refractivity contribution in [3.8, 4) is 0 Å². The van der Waals surface area contributed by atoms with Crippen LogP contribution in [-0.4, -0.2) is 26.9 Å². The van der Waals surface area contributed by atoms with E-state index in [4.69, 9.17) is 28.3 Å². The zero-order valence-electron chi connectivity index (χ0n) is 13.8. The molecule has 0 unspecified atom stereocenters. The average Bonchev–Trinajstić information content (AvgIpc) is 3.15. The summed E-state index contributed by atoms with van der Waals surface area (Å²) in [6.07, 6.45) is 5.30. The van der Waals surface area contributed by atoms with Crippen LogP contribution >= 0.6 is 23.2 Å². The van der Waals surface area contributed by atoms with Crippen molar-refractivity contribution in [2.75, 3.05) is 6.54 Å². The Labute approximate surface area is 157 Å². The van der Waals surface area contributed by atoms with Gasteiger partial charge in [0, 0.05) is 29.5 Å². The fourth-order valence-corrected chi connectivity index (χ4v) is 2.77. The molecule has 0 radical (unpaired) electrons. The highest BCUT2D eigenvalue weighted by Crippen LogP contribution is 2.18. The van der Waals surface area contributed by atoms with Crippen LogP contribution in [0.2, 0.25) is 10.0 Å². The van der Waals surface area contributed by atoms with E-state index in [0.29, 0.717) is 11.6 Å². The maximum absolute atomic E-state index is 6.39. The molecule has 3 aromatic rings. The summed E-state index contributed by atoms with van der Waals surface area (Å²) in [6.45, 7) is 3.50. The van der Waals surface area contributed by atoms with E-state index >= 15 is 0 Å². The molecule has 0 N–H and O–H groups in total. The molecule has 1 heterocycles. The first-order chi connectivity index (χ1) is 12.2. The van der Waals surface area contributed by atoms with Gasteiger partial charge in [-0.05, 0) is 36.8 Å². The third kappa shape index (κ3) is 4.41.